The molecule has 170 valence electrons. The van der Waals surface area contributed by atoms with Crippen molar-refractivity contribution in [2.45, 2.75) is 57.4 Å². The summed E-state index contributed by atoms with van der Waals surface area (Å²) < 4.78 is 32.7. The van der Waals surface area contributed by atoms with E-state index in [-0.39, 0.29) is 23.1 Å². The zero-order chi connectivity index (χ0) is 23.0. The highest BCUT2D eigenvalue weighted by atomic mass is 32.2. The minimum absolute atomic E-state index is 0.0404. The number of rotatable bonds is 6. The van der Waals surface area contributed by atoms with Gasteiger partial charge >= 0.3 is 0 Å². The Kier molecular flexibility index (Phi) is 6.19. The maximum Gasteiger partial charge on any atom is 0.249 e. The molecule has 0 radical (unpaired) electrons. The molecule has 1 aromatic carbocycles. The molecule has 32 heavy (non-hydrogen) atoms. The number of sulfonamides is 1. The van der Waals surface area contributed by atoms with E-state index in [2.05, 4.69) is 41.4 Å². The van der Waals surface area contributed by atoms with Crippen LogP contribution >= 0.6 is 11.3 Å². The van der Waals surface area contributed by atoms with Crippen molar-refractivity contribution in [1.82, 2.24) is 14.4 Å². The van der Waals surface area contributed by atoms with Gasteiger partial charge in [-0.3, -0.25) is 4.79 Å². The fourth-order valence-electron chi connectivity index (χ4n) is 3.94. The molecule has 1 fully saturated rings. The maximum atomic E-state index is 13.2. The minimum Gasteiger partial charge on any atom is -0.360 e. The predicted octanol–water partition coefficient (Wildman–Crippen LogP) is 4.33. The molecule has 1 aliphatic rings. The Morgan fingerprint density at radius 3 is 2.59 bits per heavy atom. The quantitative estimate of drug-likeness (QED) is 0.570. The lowest BCUT2D eigenvalue weighted by Crippen LogP contribution is -2.43. The smallest absolute Gasteiger partial charge is 0.249 e. The first-order valence-electron chi connectivity index (χ1n) is 10.5. The molecule has 4 rings (SSSR count). The number of nitrogens with one attached hydrogen (secondary N) is 1. The highest BCUT2D eigenvalue weighted by molar-refractivity contribution is 7.89. The van der Waals surface area contributed by atoms with Gasteiger partial charge in [0.05, 0.1) is 5.69 Å². The number of nitrogens with zero attached hydrogens (tertiary/aromatic N) is 3. The van der Waals surface area contributed by atoms with Gasteiger partial charge in [-0.15, -0.1) is 11.3 Å². The number of hydrogen-bond acceptors (Lipinski definition) is 7. The number of amides is 1. The van der Waals surface area contributed by atoms with Crippen LogP contribution in [-0.4, -0.2) is 41.4 Å². The van der Waals surface area contributed by atoms with Crippen LogP contribution in [0.4, 0.5) is 5.13 Å². The van der Waals surface area contributed by atoms with Gasteiger partial charge in [0.15, 0.2) is 10.9 Å². The van der Waals surface area contributed by atoms with Crippen molar-refractivity contribution >= 4 is 32.4 Å². The first kappa shape index (κ1) is 22.6. The van der Waals surface area contributed by atoms with Gasteiger partial charge < -0.3 is 9.84 Å². The average Bonchev–Trinajstić information content (AvgIpc) is 3.48. The van der Waals surface area contributed by atoms with E-state index in [1.807, 2.05) is 17.5 Å². The molecule has 0 bridgehead atoms. The van der Waals surface area contributed by atoms with E-state index in [4.69, 9.17) is 4.52 Å². The zero-order valence-corrected chi connectivity index (χ0v) is 20.1. The van der Waals surface area contributed by atoms with Crippen LogP contribution in [0.25, 0.3) is 11.3 Å². The molecule has 10 heteroatoms. The second-order valence-electron chi connectivity index (χ2n) is 8.23. The summed E-state index contributed by atoms with van der Waals surface area (Å²) in [6.45, 7) is 7.70. The fourth-order valence-corrected chi connectivity index (χ4v) is 6.62. The van der Waals surface area contributed by atoms with Gasteiger partial charge in [0.25, 0.3) is 0 Å². The minimum atomic E-state index is -3.89. The molecule has 8 nitrogen and oxygen atoms in total. The number of aromatic nitrogens is 2. The van der Waals surface area contributed by atoms with Crippen LogP contribution in [0, 0.1) is 13.8 Å². The highest BCUT2D eigenvalue weighted by Crippen LogP contribution is 2.31. The molecule has 1 N–H and O–H groups in total. The number of carbonyl (C=O) groups is 1. The molecule has 3 aromatic rings. The molecular weight excluding hydrogens is 448 g/mol. The number of anilines is 1. The standard InChI is InChI=1S/C22H26N4O4S2/c1-13(2)16-7-9-17(10-8-16)18-12-31-22(23-18)24-21(27)19-6-5-11-26(19)32(28,29)20-14(3)25-30-15(20)4/h7-10,12-13,19H,5-6,11H2,1-4H3,(H,23,24,27)/t19-/m0/s1. The molecule has 1 saturated heterocycles. The lowest BCUT2D eigenvalue weighted by atomic mass is 10.0. The van der Waals surface area contributed by atoms with E-state index in [0.717, 1.165) is 11.3 Å². The van der Waals surface area contributed by atoms with Crippen LogP contribution in [0.3, 0.4) is 0 Å². The molecule has 0 aliphatic carbocycles. The summed E-state index contributed by atoms with van der Waals surface area (Å²) in [5, 5.41) is 8.88. The predicted molar refractivity (Wildman–Crippen MR) is 123 cm³/mol. The van der Waals surface area contributed by atoms with E-state index in [1.54, 1.807) is 13.8 Å². The molecule has 1 atom stereocenters. The number of hydrogen-bond donors (Lipinski definition) is 1. The van der Waals surface area contributed by atoms with Gasteiger partial charge in [0, 0.05) is 17.5 Å². The van der Waals surface area contributed by atoms with Crippen LogP contribution in [0.5, 0.6) is 0 Å². The number of thiazole rings is 1. The van der Waals surface area contributed by atoms with Gasteiger partial charge in [-0.2, -0.15) is 4.31 Å². The Balaban J connectivity index is 1.50. The largest absolute Gasteiger partial charge is 0.360 e. The summed E-state index contributed by atoms with van der Waals surface area (Å²) in [6.07, 6.45) is 1.05. The van der Waals surface area contributed by atoms with E-state index < -0.39 is 16.1 Å². The lowest BCUT2D eigenvalue weighted by Gasteiger charge is -2.22. The van der Waals surface area contributed by atoms with Crippen LogP contribution in [-0.2, 0) is 14.8 Å². The summed E-state index contributed by atoms with van der Waals surface area (Å²) in [4.78, 5) is 17.6. The van der Waals surface area contributed by atoms with Crippen molar-refractivity contribution < 1.29 is 17.7 Å². The summed E-state index contributed by atoms with van der Waals surface area (Å²) in [5.74, 6) is 0.292. The Bertz CT molecular complexity index is 1210. The first-order chi connectivity index (χ1) is 15.2. The molecule has 1 amide bonds. The summed E-state index contributed by atoms with van der Waals surface area (Å²) >= 11 is 1.32. The second kappa shape index (κ2) is 8.76. The van der Waals surface area contributed by atoms with Crippen LogP contribution < -0.4 is 5.32 Å². The first-order valence-corrected chi connectivity index (χ1v) is 12.8. The summed E-state index contributed by atoms with van der Waals surface area (Å²) in [6, 6.07) is 7.39. The van der Waals surface area contributed by atoms with Crippen molar-refractivity contribution in [2.24, 2.45) is 0 Å². The fraction of sp³-hybridized carbons (Fsp3) is 0.409. The van der Waals surface area contributed by atoms with Gasteiger partial charge in [0.1, 0.15) is 16.6 Å². The Morgan fingerprint density at radius 2 is 1.97 bits per heavy atom. The Labute approximate surface area is 191 Å². The monoisotopic (exact) mass is 474 g/mol. The van der Waals surface area contributed by atoms with Crippen molar-refractivity contribution in [1.29, 1.82) is 0 Å². The summed E-state index contributed by atoms with van der Waals surface area (Å²) in [7, 11) is -3.89. The molecule has 0 saturated carbocycles. The lowest BCUT2D eigenvalue weighted by molar-refractivity contribution is -0.119. The molecule has 1 aliphatic heterocycles. The third kappa shape index (κ3) is 4.22. The van der Waals surface area contributed by atoms with E-state index >= 15 is 0 Å². The number of benzene rings is 1. The van der Waals surface area contributed by atoms with Crippen LogP contribution in [0.2, 0.25) is 0 Å². The SMILES string of the molecule is Cc1noc(C)c1S(=O)(=O)N1CCC[C@H]1C(=O)Nc1nc(-c2ccc(C(C)C)cc2)cs1. The second-order valence-corrected chi connectivity index (χ2v) is 10.9. The van der Waals surface area contributed by atoms with Gasteiger partial charge in [0.2, 0.25) is 15.9 Å². The van der Waals surface area contributed by atoms with Crippen molar-refractivity contribution in [3.8, 4) is 11.3 Å². The third-order valence-corrected chi connectivity index (χ3v) is 8.56. The van der Waals surface area contributed by atoms with E-state index in [1.165, 1.54) is 21.2 Å². The maximum absolute atomic E-state index is 13.2. The van der Waals surface area contributed by atoms with Crippen LogP contribution in [0.15, 0.2) is 39.1 Å². The molecule has 0 spiro atoms. The topological polar surface area (TPSA) is 105 Å². The molecule has 0 unspecified atom stereocenters. The van der Waals surface area contributed by atoms with Crippen molar-refractivity contribution in [2.75, 3.05) is 11.9 Å². The van der Waals surface area contributed by atoms with Gasteiger partial charge in [-0.25, -0.2) is 13.4 Å². The average molecular weight is 475 g/mol. The van der Waals surface area contributed by atoms with E-state index in [9.17, 15) is 13.2 Å². The van der Waals surface area contributed by atoms with E-state index in [0.29, 0.717) is 29.6 Å². The third-order valence-electron chi connectivity index (χ3n) is 5.65. The normalized spacial score (nSPS) is 17.2. The Morgan fingerprint density at radius 1 is 1.25 bits per heavy atom. The van der Waals surface area contributed by atoms with Gasteiger partial charge in [-0.1, -0.05) is 43.3 Å². The molecular formula is C22H26N4O4S2. The van der Waals surface area contributed by atoms with Gasteiger partial charge in [-0.05, 0) is 38.2 Å². The van der Waals surface area contributed by atoms with Crippen molar-refractivity contribution in [3.05, 3.63) is 46.7 Å². The number of aryl methyl sites for hydroxylation is 2. The van der Waals surface area contributed by atoms with Crippen molar-refractivity contribution in [3.63, 3.8) is 0 Å². The highest BCUT2D eigenvalue weighted by Gasteiger charge is 2.42. The Hall–Kier alpha value is -2.56. The zero-order valence-electron chi connectivity index (χ0n) is 18.5. The summed E-state index contributed by atoms with van der Waals surface area (Å²) in [5.41, 5.74) is 3.28. The molecule has 3 heterocycles. The van der Waals surface area contributed by atoms with Crippen LogP contribution in [0.1, 0.15) is 49.6 Å². The number of carbonyl (C=O) groups excluding carboxylic acids is 1. The molecule has 2 aromatic heterocycles.